The van der Waals surface area contributed by atoms with Crippen molar-refractivity contribution in [3.05, 3.63) is 83.1 Å². The first-order valence-electron chi connectivity index (χ1n) is 11.7. The van der Waals surface area contributed by atoms with Gasteiger partial charge in [0.15, 0.2) is 29.6 Å². The topological polar surface area (TPSA) is 88.1 Å². The number of hydrogen-bond acceptors (Lipinski definition) is 7. The van der Waals surface area contributed by atoms with Crippen molar-refractivity contribution in [1.82, 2.24) is 24.1 Å². The van der Waals surface area contributed by atoms with E-state index < -0.39 is 0 Å². The largest absolute Gasteiger partial charge is 0.493 e. The van der Waals surface area contributed by atoms with E-state index >= 15 is 0 Å². The Morgan fingerprint density at radius 2 is 1.78 bits per heavy atom. The third-order valence-corrected chi connectivity index (χ3v) is 6.33. The van der Waals surface area contributed by atoms with Crippen LogP contribution in [0.4, 0.5) is 0 Å². The van der Waals surface area contributed by atoms with E-state index in [4.69, 9.17) is 24.3 Å². The van der Waals surface area contributed by atoms with Crippen LogP contribution < -0.4 is 9.47 Å². The van der Waals surface area contributed by atoms with Gasteiger partial charge in [-0.05, 0) is 49.1 Å². The molecule has 0 N–H and O–H groups in total. The highest BCUT2D eigenvalue weighted by Gasteiger charge is 2.18. The summed E-state index contributed by atoms with van der Waals surface area (Å²) >= 11 is 0. The molecule has 0 amide bonds. The molecule has 0 fully saturated rings. The van der Waals surface area contributed by atoms with Crippen LogP contribution in [-0.2, 0) is 24.4 Å². The fourth-order valence-electron chi connectivity index (χ4n) is 4.32. The number of oxime groups is 1. The zero-order valence-corrected chi connectivity index (χ0v) is 20.8. The van der Waals surface area contributed by atoms with Crippen molar-refractivity contribution in [2.24, 2.45) is 5.16 Å². The van der Waals surface area contributed by atoms with Crippen LogP contribution in [0.1, 0.15) is 28.2 Å². The van der Waals surface area contributed by atoms with E-state index in [1.54, 1.807) is 31.3 Å². The molecule has 9 heteroatoms. The highest BCUT2D eigenvalue weighted by atomic mass is 16.6. The van der Waals surface area contributed by atoms with Crippen LogP contribution in [0.5, 0.6) is 11.5 Å². The molecule has 0 aliphatic rings. The summed E-state index contributed by atoms with van der Waals surface area (Å²) in [6, 6.07) is 15.8. The van der Waals surface area contributed by atoms with E-state index in [0.717, 1.165) is 63.5 Å². The molecule has 36 heavy (non-hydrogen) atoms. The van der Waals surface area contributed by atoms with Crippen molar-refractivity contribution in [2.45, 2.75) is 33.4 Å². The maximum Gasteiger partial charge on any atom is 0.192 e. The number of fused-ring (bicyclic) bond motifs is 3. The van der Waals surface area contributed by atoms with Crippen LogP contribution in [0.3, 0.4) is 0 Å². The van der Waals surface area contributed by atoms with Gasteiger partial charge in [-0.1, -0.05) is 41.6 Å². The molecule has 0 aliphatic carbocycles. The zero-order chi connectivity index (χ0) is 25.1. The Labute approximate surface area is 209 Å². The molecule has 5 rings (SSSR count). The predicted molar refractivity (Wildman–Crippen MR) is 138 cm³/mol. The molecule has 5 aromatic rings. The summed E-state index contributed by atoms with van der Waals surface area (Å²) in [6.45, 7) is 5.15. The molecule has 0 aliphatic heterocycles. The molecule has 0 unspecified atom stereocenters. The normalized spacial score (nSPS) is 11.6. The van der Waals surface area contributed by atoms with E-state index in [0.29, 0.717) is 5.82 Å². The van der Waals surface area contributed by atoms with Crippen molar-refractivity contribution in [3.8, 4) is 11.5 Å². The minimum atomic E-state index is 0.171. The lowest BCUT2D eigenvalue weighted by molar-refractivity contribution is 0.126. The number of hydrogen-bond donors (Lipinski definition) is 0. The zero-order valence-electron chi connectivity index (χ0n) is 20.8. The molecule has 0 spiro atoms. The summed E-state index contributed by atoms with van der Waals surface area (Å²) in [7, 11) is 3.29. The van der Waals surface area contributed by atoms with Gasteiger partial charge in [-0.3, -0.25) is 0 Å². The van der Waals surface area contributed by atoms with E-state index in [1.165, 1.54) is 0 Å². The number of benzene rings is 2. The lowest BCUT2D eigenvalue weighted by Crippen LogP contribution is -2.05. The Morgan fingerprint density at radius 1 is 0.972 bits per heavy atom. The van der Waals surface area contributed by atoms with Crippen molar-refractivity contribution in [2.75, 3.05) is 14.2 Å². The van der Waals surface area contributed by atoms with Gasteiger partial charge in [-0.2, -0.15) is 0 Å². The van der Waals surface area contributed by atoms with Gasteiger partial charge in [-0.15, -0.1) is 5.10 Å². The summed E-state index contributed by atoms with van der Waals surface area (Å²) in [5, 5.41) is 9.55. The Morgan fingerprint density at radius 3 is 2.56 bits per heavy atom. The Balaban J connectivity index is 1.37. The van der Waals surface area contributed by atoms with Gasteiger partial charge in [0.2, 0.25) is 0 Å². The predicted octanol–water partition coefficient (Wildman–Crippen LogP) is 4.51. The van der Waals surface area contributed by atoms with Crippen LogP contribution in [0, 0.1) is 13.8 Å². The smallest absolute Gasteiger partial charge is 0.192 e. The monoisotopic (exact) mass is 484 g/mol. The van der Waals surface area contributed by atoms with Gasteiger partial charge in [-0.25, -0.2) is 14.5 Å². The van der Waals surface area contributed by atoms with Crippen molar-refractivity contribution in [1.29, 1.82) is 0 Å². The summed E-state index contributed by atoms with van der Waals surface area (Å²) in [5.74, 6) is 2.00. The first kappa shape index (κ1) is 23.3. The van der Waals surface area contributed by atoms with Crippen LogP contribution in [0.2, 0.25) is 0 Å². The second-order valence-corrected chi connectivity index (χ2v) is 8.46. The van der Waals surface area contributed by atoms with Crippen molar-refractivity contribution in [3.63, 3.8) is 0 Å². The highest BCUT2D eigenvalue weighted by Crippen LogP contribution is 2.30. The quantitative estimate of drug-likeness (QED) is 0.226. The Hall–Kier alpha value is -4.40. The number of aromatic nitrogens is 5. The fourth-order valence-corrected chi connectivity index (χ4v) is 4.32. The molecule has 0 saturated heterocycles. The van der Waals surface area contributed by atoms with Crippen molar-refractivity contribution < 1.29 is 14.3 Å². The number of rotatable bonds is 9. The first-order chi connectivity index (χ1) is 17.6. The van der Waals surface area contributed by atoms with Gasteiger partial charge in [0.1, 0.15) is 12.0 Å². The van der Waals surface area contributed by atoms with Gasteiger partial charge >= 0.3 is 0 Å². The average Bonchev–Trinajstić information content (AvgIpc) is 3.43. The molecule has 9 nitrogen and oxygen atoms in total. The van der Waals surface area contributed by atoms with Crippen LogP contribution >= 0.6 is 0 Å². The van der Waals surface area contributed by atoms with E-state index in [9.17, 15) is 0 Å². The van der Waals surface area contributed by atoms with Gasteiger partial charge < -0.3 is 18.9 Å². The SMILES string of the molecule is COc1ccc(CCn2c(C)c(C)c3c2ncn2nc(CON=Cc4ccccc4)nc32)cc1OC. The van der Waals surface area contributed by atoms with Crippen LogP contribution in [-0.4, -0.2) is 44.6 Å². The average molecular weight is 485 g/mol. The molecule has 0 atom stereocenters. The van der Waals surface area contributed by atoms with Crippen LogP contribution in [0.15, 0.2) is 60.0 Å². The summed E-state index contributed by atoms with van der Waals surface area (Å²) in [5.41, 5.74) is 6.06. The number of aryl methyl sites for hydroxylation is 3. The van der Waals surface area contributed by atoms with Crippen molar-refractivity contribution >= 4 is 22.9 Å². The lowest BCUT2D eigenvalue weighted by atomic mass is 10.1. The molecular weight excluding hydrogens is 456 g/mol. The number of methoxy groups -OCH3 is 2. The summed E-state index contributed by atoms with van der Waals surface area (Å²) in [6.07, 6.45) is 4.19. The maximum absolute atomic E-state index is 5.45. The second kappa shape index (κ2) is 10.1. The second-order valence-electron chi connectivity index (χ2n) is 8.46. The van der Waals surface area contributed by atoms with Gasteiger partial charge in [0.25, 0.3) is 0 Å². The van der Waals surface area contributed by atoms with Gasteiger partial charge in [0.05, 0.1) is 25.8 Å². The standard InChI is InChI=1S/C27H28N6O3/c1-18-19(2)32(13-12-20-10-11-22(34-3)23(14-20)35-4)26-25(18)27-30-24(31-33(27)17-28-26)16-36-29-15-21-8-6-5-7-9-21/h5-11,14-15,17H,12-13,16H2,1-4H3. The third-order valence-electron chi connectivity index (χ3n) is 6.33. The molecule has 184 valence electrons. The van der Waals surface area contributed by atoms with E-state index in [1.807, 2.05) is 42.5 Å². The minimum Gasteiger partial charge on any atom is -0.493 e. The lowest BCUT2D eigenvalue weighted by Gasteiger charge is -2.11. The molecule has 3 heterocycles. The first-order valence-corrected chi connectivity index (χ1v) is 11.7. The maximum atomic E-state index is 5.45. The number of nitrogens with zero attached hydrogens (tertiary/aromatic N) is 6. The molecule has 3 aromatic heterocycles. The minimum absolute atomic E-state index is 0.171. The molecule has 0 bridgehead atoms. The Kier molecular flexibility index (Phi) is 6.53. The molecule has 0 radical (unpaired) electrons. The fraction of sp³-hybridized carbons (Fsp3) is 0.259. The number of ether oxygens (including phenoxy) is 2. The van der Waals surface area contributed by atoms with E-state index in [2.05, 4.69) is 34.7 Å². The highest BCUT2D eigenvalue weighted by molar-refractivity contribution is 5.93. The summed E-state index contributed by atoms with van der Waals surface area (Å²) in [4.78, 5) is 14.9. The van der Waals surface area contributed by atoms with Crippen LogP contribution in [0.25, 0.3) is 16.7 Å². The molecule has 2 aromatic carbocycles. The molecule has 0 saturated carbocycles. The van der Waals surface area contributed by atoms with Gasteiger partial charge in [0, 0.05) is 12.2 Å². The van der Waals surface area contributed by atoms with E-state index in [-0.39, 0.29) is 6.61 Å². The summed E-state index contributed by atoms with van der Waals surface area (Å²) < 4.78 is 14.7. The molecular formula is C27H28N6O3. The third kappa shape index (κ3) is 4.47. The Bertz CT molecular complexity index is 1540.